The first kappa shape index (κ1) is 27.9. The van der Waals surface area contributed by atoms with E-state index in [-0.39, 0.29) is 24.5 Å². The van der Waals surface area contributed by atoms with Crippen molar-refractivity contribution >= 4 is 40.7 Å². The van der Waals surface area contributed by atoms with Gasteiger partial charge in [0.2, 0.25) is 6.79 Å². The summed E-state index contributed by atoms with van der Waals surface area (Å²) in [5.41, 5.74) is 2.81. The molecule has 0 spiro atoms. The second-order valence-electron chi connectivity index (χ2n) is 10.4. The molecular weight excluding hydrogens is 558 g/mol. The lowest BCUT2D eigenvalue weighted by atomic mass is 10.1. The van der Waals surface area contributed by atoms with Crippen LogP contribution in [-0.4, -0.2) is 86.7 Å². The Hall–Kier alpha value is -4.28. The van der Waals surface area contributed by atoms with Gasteiger partial charge in [-0.15, -0.1) is 0 Å². The van der Waals surface area contributed by atoms with E-state index in [0.29, 0.717) is 78.2 Å². The van der Waals surface area contributed by atoms with Crippen LogP contribution in [0, 0.1) is 0 Å². The van der Waals surface area contributed by atoms with Crippen molar-refractivity contribution in [1.82, 2.24) is 15.1 Å². The lowest BCUT2D eigenvalue weighted by molar-refractivity contribution is 0.0734. The van der Waals surface area contributed by atoms with Gasteiger partial charge in [-0.25, -0.2) is 0 Å². The van der Waals surface area contributed by atoms with Crippen LogP contribution in [0.5, 0.6) is 11.5 Å². The first-order valence-electron chi connectivity index (χ1n) is 14.1. The quantitative estimate of drug-likeness (QED) is 0.468. The number of benzene rings is 3. The molecule has 0 unspecified atom stereocenters. The van der Waals surface area contributed by atoms with Gasteiger partial charge in [-0.2, -0.15) is 0 Å². The van der Waals surface area contributed by atoms with Gasteiger partial charge in [-0.3, -0.25) is 14.4 Å². The Morgan fingerprint density at radius 1 is 0.738 bits per heavy atom. The van der Waals surface area contributed by atoms with E-state index in [2.05, 4.69) is 15.5 Å². The normalized spacial score (nSPS) is 16.6. The number of amides is 3. The van der Waals surface area contributed by atoms with Crippen molar-refractivity contribution in [2.75, 3.05) is 69.4 Å². The smallest absolute Gasteiger partial charge is 0.255 e. The highest BCUT2D eigenvalue weighted by atomic mass is 35.5. The molecule has 0 atom stereocenters. The predicted octanol–water partition coefficient (Wildman–Crippen LogP) is 3.72. The molecule has 3 aliphatic heterocycles. The SMILES string of the molecule is O=C(Nc1cc(C(=O)N2CCNCC2)ccc1N1CCCN(C(=O)c2ccc3c(c2)OCO3)CC1)c1cccc(Cl)c1. The molecule has 3 heterocycles. The minimum absolute atomic E-state index is 0.0680. The van der Waals surface area contributed by atoms with Gasteiger partial charge in [0.15, 0.2) is 11.5 Å². The van der Waals surface area contributed by atoms with E-state index in [9.17, 15) is 14.4 Å². The average molecular weight is 590 g/mol. The highest BCUT2D eigenvalue weighted by Crippen LogP contribution is 2.33. The van der Waals surface area contributed by atoms with E-state index in [1.165, 1.54) is 0 Å². The van der Waals surface area contributed by atoms with Gasteiger partial charge in [0, 0.05) is 74.1 Å². The number of carbonyl (C=O) groups is 3. The summed E-state index contributed by atoms with van der Waals surface area (Å²) >= 11 is 6.14. The maximum atomic E-state index is 13.4. The van der Waals surface area contributed by atoms with Crippen LogP contribution in [-0.2, 0) is 0 Å². The van der Waals surface area contributed by atoms with Crippen LogP contribution in [0.25, 0.3) is 0 Å². The van der Waals surface area contributed by atoms with Crippen LogP contribution >= 0.6 is 11.6 Å². The van der Waals surface area contributed by atoms with Crippen molar-refractivity contribution in [2.45, 2.75) is 6.42 Å². The molecule has 3 amide bonds. The number of fused-ring (bicyclic) bond motifs is 1. The van der Waals surface area contributed by atoms with Crippen LogP contribution in [0.15, 0.2) is 60.7 Å². The van der Waals surface area contributed by atoms with Crippen molar-refractivity contribution in [1.29, 1.82) is 0 Å². The average Bonchev–Trinajstić information content (AvgIpc) is 3.36. The van der Waals surface area contributed by atoms with E-state index in [0.717, 1.165) is 25.2 Å². The maximum Gasteiger partial charge on any atom is 0.255 e. The van der Waals surface area contributed by atoms with Crippen LogP contribution in [0.4, 0.5) is 11.4 Å². The molecule has 2 N–H and O–H groups in total. The van der Waals surface area contributed by atoms with Crippen molar-refractivity contribution < 1.29 is 23.9 Å². The van der Waals surface area contributed by atoms with Crippen LogP contribution in [0.3, 0.4) is 0 Å². The van der Waals surface area contributed by atoms with Crippen molar-refractivity contribution in [3.63, 3.8) is 0 Å². The first-order chi connectivity index (χ1) is 20.5. The summed E-state index contributed by atoms with van der Waals surface area (Å²) in [6.45, 7) is 5.23. The standard InChI is InChI=1S/C31H32ClN5O5/c32-24-4-1-3-21(17-24)29(38)34-25-18-22(30(39)37-13-9-33-10-14-37)5-7-26(25)35-11-2-12-36(16-15-35)31(40)23-6-8-27-28(19-23)42-20-41-27/h1,3-8,17-19,33H,2,9-16,20H2,(H,34,38). The number of hydrogen-bond donors (Lipinski definition) is 2. The topological polar surface area (TPSA) is 103 Å². The molecule has 3 aliphatic rings. The summed E-state index contributed by atoms with van der Waals surface area (Å²) in [5, 5.41) is 6.75. The molecule has 0 saturated carbocycles. The van der Waals surface area contributed by atoms with Gasteiger partial charge in [0.25, 0.3) is 17.7 Å². The molecule has 0 bridgehead atoms. The van der Waals surface area contributed by atoms with Gasteiger partial charge in [-0.05, 0) is 61.0 Å². The Morgan fingerprint density at radius 3 is 2.29 bits per heavy atom. The van der Waals surface area contributed by atoms with Crippen LogP contribution in [0.2, 0.25) is 5.02 Å². The fraction of sp³-hybridized carbons (Fsp3) is 0.323. The summed E-state index contributed by atoms with van der Waals surface area (Å²) in [7, 11) is 0. The van der Waals surface area contributed by atoms with Gasteiger partial charge < -0.3 is 34.8 Å². The summed E-state index contributed by atoms with van der Waals surface area (Å²) in [6, 6.07) is 17.4. The van der Waals surface area contributed by atoms with Gasteiger partial charge in [0.05, 0.1) is 11.4 Å². The number of halogens is 1. The molecule has 0 aromatic heterocycles. The van der Waals surface area contributed by atoms with E-state index in [1.54, 1.807) is 48.5 Å². The summed E-state index contributed by atoms with van der Waals surface area (Å²) in [5.74, 6) is 0.756. The highest BCUT2D eigenvalue weighted by molar-refractivity contribution is 6.31. The second-order valence-corrected chi connectivity index (χ2v) is 10.9. The van der Waals surface area contributed by atoms with E-state index in [4.69, 9.17) is 21.1 Å². The van der Waals surface area contributed by atoms with Gasteiger partial charge in [-0.1, -0.05) is 17.7 Å². The molecule has 2 saturated heterocycles. The molecule has 3 aromatic rings. The van der Waals surface area contributed by atoms with Crippen molar-refractivity contribution in [3.05, 3.63) is 82.4 Å². The maximum absolute atomic E-state index is 13.4. The van der Waals surface area contributed by atoms with Crippen molar-refractivity contribution in [2.24, 2.45) is 0 Å². The zero-order valence-electron chi connectivity index (χ0n) is 23.1. The number of piperazine rings is 1. The van der Waals surface area contributed by atoms with E-state index in [1.807, 2.05) is 21.9 Å². The fourth-order valence-electron chi connectivity index (χ4n) is 5.49. The third-order valence-corrected chi connectivity index (χ3v) is 7.96. The molecular formula is C31H32ClN5O5. The Morgan fingerprint density at radius 2 is 1.48 bits per heavy atom. The Bertz CT molecular complexity index is 1510. The number of anilines is 2. The predicted molar refractivity (Wildman–Crippen MR) is 160 cm³/mol. The van der Waals surface area contributed by atoms with Gasteiger partial charge in [0.1, 0.15) is 0 Å². The van der Waals surface area contributed by atoms with Crippen LogP contribution < -0.4 is 25.0 Å². The zero-order valence-corrected chi connectivity index (χ0v) is 23.9. The first-order valence-corrected chi connectivity index (χ1v) is 14.5. The lowest BCUT2D eigenvalue weighted by Crippen LogP contribution is -2.46. The van der Waals surface area contributed by atoms with E-state index >= 15 is 0 Å². The summed E-state index contributed by atoms with van der Waals surface area (Å²) in [6.07, 6.45) is 0.736. The largest absolute Gasteiger partial charge is 0.454 e. The monoisotopic (exact) mass is 589 g/mol. The number of carbonyl (C=O) groups excluding carboxylic acids is 3. The molecule has 3 aromatic carbocycles. The fourth-order valence-corrected chi connectivity index (χ4v) is 5.68. The third-order valence-electron chi connectivity index (χ3n) is 7.73. The molecule has 0 aliphatic carbocycles. The summed E-state index contributed by atoms with van der Waals surface area (Å²) in [4.78, 5) is 45.7. The molecule has 218 valence electrons. The third kappa shape index (κ3) is 6.00. The number of ether oxygens (including phenoxy) is 2. The Balaban J connectivity index is 1.23. The Kier molecular flexibility index (Phi) is 8.16. The lowest BCUT2D eigenvalue weighted by Gasteiger charge is -2.29. The molecule has 0 radical (unpaired) electrons. The highest BCUT2D eigenvalue weighted by Gasteiger charge is 2.26. The Labute approximate surface area is 249 Å². The van der Waals surface area contributed by atoms with E-state index < -0.39 is 0 Å². The van der Waals surface area contributed by atoms with Gasteiger partial charge >= 0.3 is 0 Å². The molecule has 11 heteroatoms. The molecule has 2 fully saturated rings. The minimum Gasteiger partial charge on any atom is -0.454 e. The second kappa shape index (κ2) is 12.3. The molecule has 10 nitrogen and oxygen atoms in total. The van der Waals surface area contributed by atoms with Crippen molar-refractivity contribution in [3.8, 4) is 11.5 Å². The molecule has 6 rings (SSSR count). The number of nitrogens with zero attached hydrogens (tertiary/aromatic N) is 3. The molecule has 42 heavy (non-hydrogen) atoms. The summed E-state index contributed by atoms with van der Waals surface area (Å²) < 4.78 is 10.8. The zero-order chi connectivity index (χ0) is 29.1. The van der Waals surface area contributed by atoms with Crippen LogP contribution in [0.1, 0.15) is 37.5 Å². The number of nitrogens with one attached hydrogen (secondary N) is 2. The minimum atomic E-state index is -0.319. The number of hydrogen-bond acceptors (Lipinski definition) is 7. The number of rotatable bonds is 5.